The first kappa shape index (κ1) is 6.55. The van der Waals surface area contributed by atoms with Crippen LogP contribution in [0, 0.1) is 0 Å². The van der Waals surface area contributed by atoms with Crippen molar-refractivity contribution in [3.63, 3.8) is 0 Å². The molecule has 0 saturated carbocycles. The van der Waals surface area contributed by atoms with Crippen LogP contribution < -0.4 is 0 Å². The molecule has 0 aliphatic heterocycles. The molecule has 0 N–H and O–H groups in total. The zero-order chi connectivity index (χ0) is 7.14. The van der Waals surface area contributed by atoms with E-state index in [-0.39, 0.29) is 0 Å². The largest absolute Gasteiger partial charge is 0.293 e. The Kier molecular flexibility index (Phi) is 1.42. The van der Waals surface area contributed by atoms with Gasteiger partial charge in [0.15, 0.2) is 5.78 Å². The average molecular weight is 217 g/mol. The van der Waals surface area contributed by atoms with Crippen molar-refractivity contribution in [2.75, 3.05) is 0 Å². The van der Waals surface area contributed by atoms with E-state index in [2.05, 4.69) is 15.9 Å². The normalized spacial score (nSPS) is 15.9. The summed E-state index contributed by atoms with van der Waals surface area (Å²) in [5.74, 6) is 0.311. The number of thiophene rings is 1. The van der Waals surface area contributed by atoms with E-state index in [1.807, 2.05) is 6.07 Å². The Balaban J connectivity index is 2.59. The van der Waals surface area contributed by atoms with E-state index in [0.29, 0.717) is 12.2 Å². The van der Waals surface area contributed by atoms with Gasteiger partial charge in [0.2, 0.25) is 0 Å². The summed E-state index contributed by atoms with van der Waals surface area (Å²) in [6.45, 7) is 0. The monoisotopic (exact) mass is 216 g/mol. The molecule has 0 fully saturated rings. The van der Waals surface area contributed by atoms with Gasteiger partial charge in [0.05, 0.1) is 8.66 Å². The van der Waals surface area contributed by atoms with Crippen molar-refractivity contribution < 1.29 is 4.79 Å². The fourth-order valence-electron chi connectivity index (χ4n) is 1.18. The zero-order valence-electron chi connectivity index (χ0n) is 5.19. The van der Waals surface area contributed by atoms with Gasteiger partial charge in [-0.25, -0.2) is 0 Å². The Labute approximate surface area is 71.2 Å². The van der Waals surface area contributed by atoms with Gasteiger partial charge in [-0.1, -0.05) is 0 Å². The molecule has 0 atom stereocenters. The Morgan fingerprint density at radius 1 is 1.50 bits per heavy atom. The number of hydrogen-bond acceptors (Lipinski definition) is 2. The van der Waals surface area contributed by atoms with Crippen molar-refractivity contribution >= 4 is 33.0 Å². The van der Waals surface area contributed by atoms with Crippen LogP contribution >= 0.6 is 27.3 Å². The molecular weight excluding hydrogens is 212 g/mol. The molecule has 1 aliphatic carbocycles. The minimum Gasteiger partial charge on any atom is -0.293 e. The van der Waals surface area contributed by atoms with Crippen LogP contribution in [0.4, 0.5) is 0 Å². The van der Waals surface area contributed by atoms with Crippen LogP contribution in [-0.4, -0.2) is 5.78 Å². The minimum absolute atomic E-state index is 0.311. The molecular formula is C7H5BrOS. The van der Waals surface area contributed by atoms with Crippen molar-refractivity contribution in [3.05, 3.63) is 20.3 Å². The number of rotatable bonds is 0. The lowest BCUT2D eigenvalue weighted by molar-refractivity contribution is 0.0998. The molecule has 3 heteroatoms. The number of fused-ring (bicyclic) bond motifs is 1. The number of ketones is 1. The molecule has 0 aromatic carbocycles. The van der Waals surface area contributed by atoms with Crippen molar-refractivity contribution in [1.29, 1.82) is 0 Å². The van der Waals surface area contributed by atoms with Gasteiger partial charge in [0.25, 0.3) is 0 Å². The van der Waals surface area contributed by atoms with Crippen LogP contribution in [-0.2, 0) is 6.42 Å². The Bertz CT molecular complexity index is 290. The Morgan fingerprint density at radius 2 is 2.30 bits per heavy atom. The van der Waals surface area contributed by atoms with E-state index in [0.717, 1.165) is 15.1 Å². The summed E-state index contributed by atoms with van der Waals surface area (Å²) in [4.78, 5) is 12.0. The van der Waals surface area contributed by atoms with Crippen LogP contribution in [0.25, 0.3) is 0 Å². The van der Waals surface area contributed by atoms with Crippen molar-refractivity contribution in [3.8, 4) is 0 Å². The van der Waals surface area contributed by atoms with Crippen LogP contribution in [0.5, 0.6) is 0 Å². The van der Waals surface area contributed by atoms with E-state index in [9.17, 15) is 4.79 Å². The van der Waals surface area contributed by atoms with Gasteiger partial charge >= 0.3 is 0 Å². The first-order chi connectivity index (χ1) is 4.77. The number of carbonyl (C=O) groups excluding carboxylic acids is 1. The number of hydrogen-bond donors (Lipinski definition) is 0. The quantitative estimate of drug-likeness (QED) is 0.652. The molecule has 1 heterocycles. The summed E-state index contributed by atoms with van der Waals surface area (Å²) in [6, 6.07) is 2.05. The highest BCUT2D eigenvalue weighted by molar-refractivity contribution is 9.11. The number of Topliss-reactive ketones (excluding diaryl/α,β-unsaturated/α-hetero) is 1. The summed E-state index contributed by atoms with van der Waals surface area (Å²) >= 11 is 4.90. The van der Waals surface area contributed by atoms with Crippen LogP contribution in [0.15, 0.2) is 9.85 Å². The van der Waals surface area contributed by atoms with E-state index < -0.39 is 0 Å². The smallest absolute Gasteiger partial charge is 0.173 e. The van der Waals surface area contributed by atoms with Gasteiger partial charge in [-0.15, -0.1) is 11.3 Å². The summed E-state index contributed by atoms with van der Waals surface area (Å²) in [7, 11) is 0. The molecule has 0 amide bonds. The zero-order valence-corrected chi connectivity index (χ0v) is 7.59. The lowest BCUT2D eigenvalue weighted by atomic mass is 10.3. The second-order valence-corrected chi connectivity index (χ2v) is 4.76. The maximum absolute atomic E-state index is 11.1. The molecule has 0 saturated heterocycles. The minimum atomic E-state index is 0.311. The molecule has 1 aromatic heterocycles. The molecule has 1 aliphatic rings. The van der Waals surface area contributed by atoms with Gasteiger partial charge < -0.3 is 0 Å². The van der Waals surface area contributed by atoms with E-state index in [1.54, 1.807) is 11.3 Å². The highest BCUT2D eigenvalue weighted by atomic mass is 79.9. The number of carbonyl (C=O) groups is 1. The molecule has 0 unspecified atom stereocenters. The summed E-state index contributed by atoms with van der Waals surface area (Å²) in [5, 5.41) is 0. The van der Waals surface area contributed by atoms with Gasteiger partial charge in [-0.2, -0.15) is 0 Å². The predicted octanol–water partition coefficient (Wildman–Crippen LogP) is 2.64. The molecule has 2 rings (SSSR count). The molecule has 1 nitrogen and oxygen atoms in total. The topological polar surface area (TPSA) is 17.1 Å². The van der Waals surface area contributed by atoms with Crippen molar-refractivity contribution in [2.24, 2.45) is 0 Å². The first-order valence-electron chi connectivity index (χ1n) is 3.09. The number of aryl methyl sites for hydroxylation is 1. The molecule has 0 spiro atoms. The maximum atomic E-state index is 11.1. The van der Waals surface area contributed by atoms with Crippen LogP contribution in [0.3, 0.4) is 0 Å². The molecule has 0 bridgehead atoms. The van der Waals surface area contributed by atoms with Gasteiger partial charge in [0.1, 0.15) is 0 Å². The first-order valence-corrected chi connectivity index (χ1v) is 4.70. The van der Waals surface area contributed by atoms with Crippen molar-refractivity contribution in [2.45, 2.75) is 12.8 Å². The summed E-state index contributed by atoms with van der Waals surface area (Å²) in [5.41, 5.74) is 1.22. The van der Waals surface area contributed by atoms with Crippen molar-refractivity contribution in [1.82, 2.24) is 0 Å². The van der Waals surface area contributed by atoms with E-state index in [1.165, 1.54) is 5.56 Å². The summed E-state index contributed by atoms with van der Waals surface area (Å²) < 4.78 is 1.07. The van der Waals surface area contributed by atoms with Crippen LogP contribution in [0.2, 0.25) is 0 Å². The van der Waals surface area contributed by atoms with E-state index in [4.69, 9.17) is 0 Å². The average Bonchev–Trinajstić information content (AvgIpc) is 2.35. The lowest BCUT2D eigenvalue weighted by Gasteiger charge is -1.80. The Hall–Kier alpha value is -0.150. The van der Waals surface area contributed by atoms with Gasteiger partial charge in [0, 0.05) is 6.42 Å². The lowest BCUT2D eigenvalue weighted by Crippen LogP contribution is -1.85. The fraction of sp³-hybridized carbons (Fsp3) is 0.286. The highest BCUT2D eigenvalue weighted by Crippen LogP contribution is 2.33. The highest BCUT2D eigenvalue weighted by Gasteiger charge is 2.21. The number of halogens is 1. The summed E-state index contributed by atoms with van der Waals surface area (Å²) in [6.07, 6.45) is 1.66. The van der Waals surface area contributed by atoms with E-state index >= 15 is 0 Å². The van der Waals surface area contributed by atoms with Crippen LogP contribution in [0.1, 0.15) is 21.7 Å². The maximum Gasteiger partial charge on any atom is 0.173 e. The molecule has 10 heavy (non-hydrogen) atoms. The van der Waals surface area contributed by atoms with Gasteiger partial charge in [-0.05, 0) is 34.0 Å². The fourth-order valence-corrected chi connectivity index (χ4v) is 2.84. The molecule has 1 aromatic rings. The molecule has 0 radical (unpaired) electrons. The Morgan fingerprint density at radius 3 is 3.00 bits per heavy atom. The third kappa shape index (κ3) is 0.847. The van der Waals surface area contributed by atoms with Gasteiger partial charge in [-0.3, -0.25) is 4.79 Å². The SMILES string of the molecule is O=C1CCc2cc(Br)sc21. The third-order valence-electron chi connectivity index (χ3n) is 1.65. The molecule has 52 valence electrons. The second-order valence-electron chi connectivity index (χ2n) is 2.33. The standard InChI is InChI=1S/C7H5BrOS/c8-6-3-4-1-2-5(9)7(4)10-6/h3H,1-2H2. The third-order valence-corrected chi connectivity index (χ3v) is 3.37. The second kappa shape index (κ2) is 2.17. The predicted molar refractivity (Wildman–Crippen MR) is 44.7 cm³/mol.